The van der Waals surface area contributed by atoms with E-state index in [9.17, 15) is 0 Å². The summed E-state index contributed by atoms with van der Waals surface area (Å²) in [6.07, 6.45) is 4.50. The zero-order chi connectivity index (χ0) is 10.8. The zero-order valence-electron chi connectivity index (χ0n) is 9.61. The third kappa shape index (κ3) is 2.04. The van der Waals surface area contributed by atoms with Crippen molar-refractivity contribution in [3.8, 4) is 0 Å². The molecule has 2 N–H and O–H groups in total. The van der Waals surface area contributed by atoms with Gasteiger partial charge in [-0.05, 0) is 32.6 Å². The smallest absolute Gasteiger partial charge is 0.136 e. The van der Waals surface area contributed by atoms with Gasteiger partial charge in [0.25, 0.3) is 0 Å². The van der Waals surface area contributed by atoms with Crippen molar-refractivity contribution >= 4 is 0 Å². The van der Waals surface area contributed by atoms with Crippen molar-refractivity contribution in [2.24, 2.45) is 5.73 Å². The molecule has 2 atom stereocenters. The molecule has 1 heterocycles. The lowest BCUT2D eigenvalue weighted by atomic mass is 10.1. The van der Waals surface area contributed by atoms with E-state index in [2.05, 4.69) is 21.7 Å². The molecule has 2 unspecified atom stereocenters. The van der Waals surface area contributed by atoms with Crippen LogP contribution in [0.15, 0.2) is 0 Å². The van der Waals surface area contributed by atoms with Crippen LogP contribution in [-0.2, 0) is 6.54 Å². The molecular weight excluding hydrogens is 188 g/mol. The number of hydrogen-bond donors (Lipinski definition) is 1. The van der Waals surface area contributed by atoms with Gasteiger partial charge in [-0.3, -0.25) is 0 Å². The van der Waals surface area contributed by atoms with Gasteiger partial charge in [0.15, 0.2) is 0 Å². The molecule has 84 valence electrons. The van der Waals surface area contributed by atoms with E-state index in [4.69, 9.17) is 5.73 Å². The maximum atomic E-state index is 5.94. The molecule has 1 aliphatic rings. The fraction of sp³-hybridized carbons (Fsp3) is 0.818. The number of aromatic nitrogens is 3. The van der Waals surface area contributed by atoms with Crippen molar-refractivity contribution < 1.29 is 0 Å². The molecule has 1 saturated carbocycles. The molecule has 0 amide bonds. The highest BCUT2D eigenvalue weighted by atomic mass is 15.3. The van der Waals surface area contributed by atoms with E-state index in [-0.39, 0.29) is 0 Å². The van der Waals surface area contributed by atoms with E-state index in [1.165, 1.54) is 6.42 Å². The van der Waals surface area contributed by atoms with Gasteiger partial charge in [0.2, 0.25) is 0 Å². The molecule has 1 aromatic heterocycles. The molecule has 4 heteroatoms. The third-order valence-corrected chi connectivity index (χ3v) is 3.25. The maximum absolute atomic E-state index is 5.94. The van der Waals surface area contributed by atoms with Gasteiger partial charge in [0.05, 0.1) is 0 Å². The minimum Gasteiger partial charge on any atom is -0.328 e. The Hall–Kier alpha value is -0.900. The highest BCUT2D eigenvalue weighted by molar-refractivity contribution is 5.05. The van der Waals surface area contributed by atoms with Crippen molar-refractivity contribution in [2.45, 2.75) is 58.0 Å². The van der Waals surface area contributed by atoms with Crippen molar-refractivity contribution in [3.05, 3.63) is 11.6 Å². The quantitative estimate of drug-likeness (QED) is 0.820. The molecule has 15 heavy (non-hydrogen) atoms. The van der Waals surface area contributed by atoms with Gasteiger partial charge in [-0.15, -0.1) is 10.2 Å². The van der Waals surface area contributed by atoms with Crippen LogP contribution in [0.5, 0.6) is 0 Å². The van der Waals surface area contributed by atoms with Crippen molar-refractivity contribution in [1.82, 2.24) is 14.8 Å². The van der Waals surface area contributed by atoms with Crippen LogP contribution >= 0.6 is 0 Å². The van der Waals surface area contributed by atoms with E-state index < -0.39 is 0 Å². The molecule has 0 radical (unpaired) electrons. The second kappa shape index (κ2) is 4.31. The van der Waals surface area contributed by atoms with Gasteiger partial charge < -0.3 is 10.3 Å². The molecule has 0 saturated heterocycles. The van der Waals surface area contributed by atoms with E-state index >= 15 is 0 Å². The summed E-state index contributed by atoms with van der Waals surface area (Å²) in [4.78, 5) is 0. The average Bonchev–Trinajstić information content (AvgIpc) is 2.76. The highest BCUT2D eigenvalue weighted by Crippen LogP contribution is 2.32. The lowest BCUT2D eigenvalue weighted by Crippen LogP contribution is -2.15. The van der Waals surface area contributed by atoms with Gasteiger partial charge in [-0.1, -0.05) is 6.92 Å². The Morgan fingerprint density at radius 2 is 2.20 bits per heavy atom. The zero-order valence-corrected chi connectivity index (χ0v) is 9.61. The first-order chi connectivity index (χ1) is 7.22. The first-order valence-corrected chi connectivity index (χ1v) is 5.87. The van der Waals surface area contributed by atoms with Crippen LogP contribution in [0, 0.1) is 6.92 Å². The third-order valence-electron chi connectivity index (χ3n) is 3.25. The minimum atomic E-state index is 0.363. The molecule has 1 fully saturated rings. The lowest BCUT2D eigenvalue weighted by Gasteiger charge is -2.12. The number of aryl methyl sites for hydroxylation is 1. The van der Waals surface area contributed by atoms with Crippen LogP contribution < -0.4 is 5.73 Å². The standard InChI is InChI=1S/C11H20N4/c1-3-6-15-8(2)13-14-11(15)9-4-5-10(12)7-9/h9-10H,3-7,12H2,1-2H3. The number of nitrogens with two attached hydrogens (primary N) is 1. The summed E-state index contributed by atoms with van der Waals surface area (Å²) in [5.74, 6) is 2.72. The van der Waals surface area contributed by atoms with Crippen molar-refractivity contribution in [3.63, 3.8) is 0 Å². The normalized spacial score (nSPS) is 26.1. The Morgan fingerprint density at radius 1 is 1.40 bits per heavy atom. The fourth-order valence-corrected chi connectivity index (χ4v) is 2.45. The molecule has 0 bridgehead atoms. The van der Waals surface area contributed by atoms with Crippen molar-refractivity contribution in [2.75, 3.05) is 0 Å². The summed E-state index contributed by atoms with van der Waals surface area (Å²) in [6, 6.07) is 0.363. The summed E-state index contributed by atoms with van der Waals surface area (Å²) >= 11 is 0. The molecule has 1 aliphatic carbocycles. The predicted molar refractivity (Wildman–Crippen MR) is 59.6 cm³/mol. The molecule has 0 spiro atoms. The lowest BCUT2D eigenvalue weighted by molar-refractivity contribution is 0.560. The number of nitrogens with zero attached hydrogens (tertiary/aromatic N) is 3. The van der Waals surface area contributed by atoms with Crippen molar-refractivity contribution in [1.29, 1.82) is 0 Å². The second-order valence-electron chi connectivity index (χ2n) is 4.53. The Balaban J connectivity index is 2.20. The number of hydrogen-bond acceptors (Lipinski definition) is 3. The first kappa shape index (κ1) is 10.6. The van der Waals surface area contributed by atoms with Gasteiger partial charge in [0.1, 0.15) is 11.6 Å². The van der Waals surface area contributed by atoms with Crippen LogP contribution in [0.2, 0.25) is 0 Å². The Kier molecular flexibility index (Phi) is 3.05. The SMILES string of the molecule is CCCn1c(C)nnc1C1CCC(N)C1. The highest BCUT2D eigenvalue weighted by Gasteiger charge is 2.27. The first-order valence-electron chi connectivity index (χ1n) is 5.87. The van der Waals surface area contributed by atoms with Gasteiger partial charge >= 0.3 is 0 Å². The van der Waals surface area contributed by atoms with Crippen LogP contribution in [0.3, 0.4) is 0 Å². The molecule has 2 rings (SSSR count). The second-order valence-corrected chi connectivity index (χ2v) is 4.53. The molecule has 4 nitrogen and oxygen atoms in total. The van der Waals surface area contributed by atoms with Crippen LogP contribution in [-0.4, -0.2) is 20.8 Å². The van der Waals surface area contributed by atoms with Gasteiger partial charge in [0, 0.05) is 18.5 Å². The molecule has 1 aromatic rings. The largest absolute Gasteiger partial charge is 0.328 e. The fourth-order valence-electron chi connectivity index (χ4n) is 2.45. The summed E-state index contributed by atoms with van der Waals surface area (Å²) in [6.45, 7) is 5.24. The summed E-state index contributed by atoms with van der Waals surface area (Å²) < 4.78 is 2.25. The van der Waals surface area contributed by atoms with E-state index in [1.54, 1.807) is 0 Å². The molecule has 0 aliphatic heterocycles. The molecule has 0 aromatic carbocycles. The van der Waals surface area contributed by atoms with Gasteiger partial charge in [-0.25, -0.2) is 0 Å². The van der Waals surface area contributed by atoms with Crippen LogP contribution in [0.25, 0.3) is 0 Å². The average molecular weight is 208 g/mol. The van der Waals surface area contributed by atoms with Crippen LogP contribution in [0.1, 0.15) is 50.2 Å². The Labute approximate surface area is 90.9 Å². The Morgan fingerprint density at radius 3 is 2.80 bits per heavy atom. The van der Waals surface area contributed by atoms with E-state index in [0.29, 0.717) is 12.0 Å². The summed E-state index contributed by atoms with van der Waals surface area (Å²) in [5.41, 5.74) is 5.94. The Bertz CT molecular complexity index is 331. The summed E-state index contributed by atoms with van der Waals surface area (Å²) in [5, 5.41) is 8.49. The van der Waals surface area contributed by atoms with E-state index in [0.717, 1.165) is 37.5 Å². The minimum absolute atomic E-state index is 0.363. The predicted octanol–water partition coefficient (Wildman–Crippen LogP) is 1.59. The monoisotopic (exact) mass is 208 g/mol. The summed E-state index contributed by atoms with van der Waals surface area (Å²) in [7, 11) is 0. The van der Waals surface area contributed by atoms with E-state index in [1.807, 2.05) is 6.92 Å². The maximum Gasteiger partial charge on any atom is 0.136 e. The number of rotatable bonds is 3. The van der Waals surface area contributed by atoms with Gasteiger partial charge in [-0.2, -0.15) is 0 Å². The topological polar surface area (TPSA) is 56.7 Å². The van der Waals surface area contributed by atoms with Crippen LogP contribution in [0.4, 0.5) is 0 Å². The molecular formula is C11H20N4.